The van der Waals surface area contributed by atoms with Gasteiger partial charge in [0, 0.05) is 25.8 Å². The summed E-state index contributed by atoms with van der Waals surface area (Å²) < 4.78 is 10.5. The molecule has 1 amide bonds. The normalized spacial score (nSPS) is 10.9. The minimum absolute atomic E-state index is 0.276. The van der Waals surface area contributed by atoms with Crippen LogP contribution < -0.4 is 11.3 Å². The van der Waals surface area contributed by atoms with Crippen LogP contribution in [0.25, 0.3) is 0 Å². The molecule has 1 rings (SSSR count). The Kier molecular flexibility index (Phi) is 5.84. The predicted octanol–water partition coefficient (Wildman–Crippen LogP) is 0.660. The smallest absolute Gasteiger partial charge is 0.301 e. The van der Waals surface area contributed by atoms with Crippen molar-refractivity contribution in [1.29, 1.82) is 0 Å². The van der Waals surface area contributed by atoms with Crippen LogP contribution in [0, 0.1) is 6.92 Å². The lowest BCUT2D eigenvalue weighted by atomic mass is 10.2. The number of hydrogen-bond acceptors (Lipinski definition) is 5. The van der Waals surface area contributed by atoms with Crippen LogP contribution in [0.2, 0.25) is 0 Å². The quantitative estimate of drug-likeness (QED) is 0.324. The van der Waals surface area contributed by atoms with Crippen LogP contribution in [0.3, 0.4) is 0 Å². The second-order valence-corrected chi connectivity index (χ2v) is 4.28. The van der Waals surface area contributed by atoms with E-state index < -0.39 is 5.91 Å². The van der Waals surface area contributed by atoms with Gasteiger partial charge in [-0.1, -0.05) is 0 Å². The van der Waals surface area contributed by atoms with Crippen LogP contribution in [-0.4, -0.2) is 38.1 Å². The Hall–Kier alpha value is -1.37. The zero-order valence-electron chi connectivity index (χ0n) is 11.2. The average Bonchev–Trinajstić information content (AvgIpc) is 2.69. The summed E-state index contributed by atoms with van der Waals surface area (Å²) in [7, 11) is 3.68. The largest absolute Gasteiger partial charge is 0.454 e. The number of carbonyl (C=O) groups is 1. The maximum atomic E-state index is 11.4. The van der Waals surface area contributed by atoms with E-state index >= 15 is 0 Å². The number of amides is 1. The second kappa shape index (κ2) is 7.15. The van der Waals surface area contributed by atoms with Crippen LogP contribution in [0.4, 0.5) is 0 Å². The maximum Gasteiger partial charge on any atom is 0.301 e. The van der Waals surface area contributed by atoms with Crippen molar-refractivity contribution in [2.24, 2.45) is 5.84 Å². The van der Waals surface area contributed by atoms with Crippen molar-refractivity contribution in [3.8, 4) is 0 Å². The monoisotopic (exact) mass is 255 g/mol. The van der Waals surface area contributed by atoms with Crippen LogP contribution in [0.15, 0.2) is 10.5 Å². The highest BCUT2D eigenvalue weighted by Gasteiger charge is 2.15. The number of carbonyl (C=O) groups excluding carboxylic acids is 1. The molecule has 0 atom stereocenters. The van der Waals surface area contributed by atoms with E-state index in [-0.39, 0.29) is 5.76 Å². The van der Waals surface area contributed by atoms with E-state index in [1.54, 1.807) is 7.11 Å². The number of rotatable bonds is 7. The second-order valence-electron chi connectivity index (χ2n) is 4.28. The molecule has 0 aromatic carbocycles. The van der Waals surface area contributed by atoms with Crippen molar-refractivity contribution in [3.05, 3.63) is 23.2 Å². The number of hydrazine groups is 1. The number of nitrogens with one attached hydrogen (secondary N) is 1. The molecular weight excluding hydrogens is 234 g/mol. The Balaban J connectivity index is 2.54. The number of nitrogens with zero attached hydrogens (tertiary/aromatic N) is 1. The van der Waals surface area contributed by atoms with Crippen molar-refractivity contribution in [3.63, 3.8) is 0 Å². The number of nitrogen functional groups attached to an aromatic ring is 1. The molecule has 102 valence electrons. The van der Waals surface area contributed by atoms with E-state index in [2.05, 4.69) is 10.3 Å². The van der Waals surface area contributed by atoms with Crippen molar-refractivity contribution in [1.82, 2.24) is 10.3 Å². The molecule has 1 aromatic heterocycles. The van der Waals surface area contributed by atoms with Crippen LogP contribution in [0.1, 0.15) is 28.3 Å². The minimum atomic E-state index is -0.402. The first kappa shape index (κ1) is 14.7. The third-order valence-corrected chi connectivity index (χ3v) is 2.62. The Labute approximate surface area is 107 Å². The zero-order valence-corrected chi connectivity index (χ0v) is 11.2. The molecule has 0 aliphatic carbocycles. The fourth-order valence-electron chi connectivity index (χ4n) is 1.74. The summed E-state index contributed by atoms with van der Waals surface area (Å²) in [6, 6.07) is 1.86. The van der Waals surface area contributed by atoms with Gasteiger partial charge in [-0.3, -0.25) is 15.1 Å². The lowest BCUT2D eigenvalue weighted by molar-refractivity contribution is 0.0921. The Morgan fingerprint density at radius 2 is 2.33 bits per heavy atom. The molecule has 0 saturated carbocycles. The highest BCUT2D eigenvalue weighted by atomic mass is 16.5. The van der Waals surface area contributed by atoms with Gasteiger partial charge in [-0.2, -0.15) is 0 Å². The lowest BCUT2D eigenvalue weighted by Crippen LogP contribution is -2.30. The number of ether oxygens (including phenoxy) is 1. The molecule has 0 aliphatic heterocycles. The fourth-order valence-corrected chi connectivity index (χ4v) is 1.74. The molecule has 1 aromatic rings. The number of aryl methyl sites for hydroxylation is 1. The minimum Gasteiger partial charge on any atom is -0.454 e. The Morgan fingerprint density at radius 1 is 1.61 bits per heavy atom. The van der Waals surface area contributed by atoms with Gasteiger partial charge in [-0.25, -0.2) is 5.84 Å². The average molecular weight is 255 g/mol. The lowest BCUT2D eigenvalue weighted by Gasteiger charge is -2.14. The number of nitrogens with two attached hydrogens (primary N) is 1. The molecular formula is C12H21N3O3. The van der Waals surface area contributed by atoms with Crippen molar-refractivity contribution in [2.75, 3.05) is 27.3 Å². The van der Waals surface area contributed by atoms with Crippen molar-refractivity contribution >= 4 is 5.91 Å². The summed E-state index contributed by atoms with van der Waals surface area (Å²) >= 11 is 0. The molecule has 6 nitrogen and oxygen atoms in total. The molecule has 0 bridgehead atoms. The van der Waals surface area contributed by atoms with Crippen LogP contribution in [0.5, 0.6) is 0 Å². The van der Waals surface area contributed by atoms with Crippen molar-refractivity contribution in [2.45, 2.75) is 19.9 Å². The summed E-state index contributed by atoms with van der Waals surface area (Å²) in [5, 5.41) is 0. The summed E-state index contributed by atoms with van der Waals surface area (Å²) in [5.74, 6) is 5.71. The molecule has 3 N–H and O–H groups in total. The van der Waals surface area contributed by atoms with Gasteiger partial charge in [-0.05, 0) is 26.5 Å². The standard InChI is InChI=1S/C12H21N3O3/c1-9-7-10(18-11(9)12(16)14-13)8-15(2)5-4-6-17-3/h7H,4-6,8,13H2,1-3H3,(H,14,16). The van der Waals surface area contributed by atoms with E-state index in [1.807, 2.05) is 20.0 Å². The van der Waals surface area contributed by atoms with Crippen molar-refractivity contribution < 1.29 is 13.9 Å². The molecule has 0 unspecified atom stereocenters. The van der Waals surface area contributed by atoms with E-state index in [0.717, 1.165) is 30.9 Å². The Bertz CT molecular complexity index is 390. The van der Waals surface area contributed by atoms with Gasteiger partial charge in [-0.15, -0.1) is 0 Å². The first-order valence-corrected chi connectivity index (χ1v) is 5.86. The third-order valence-electron chi connectivity index (χ3n) is 2.62. The van der Waals surface area contributed by atoms with E-state index in [4.69, 9.17) is 15.0 Å². The summed E-state index contributed by atoms with van der Waals surface area (Å²) in [6.07, 6.45) is 0.961. The van der Waals surface area contributed by atoms with E-state index in [0.29, 0.717) is 6.54 Å². The molecule has 1 heterocycles. The molecule has 0 aliphatic rings. The number of methoxy groups -OCH3 is 1. The zero-order chi connectivity index (χ0) is 13.5. The predicted molar refractivity (Wildman–Crippen MR) is 67.9 cm³/mol. The highest BCUT2D eigenvalue weighted by molar-refractivity contribution is 5.92. The fraction of sp³-hybridized carbons (Fsp3) is 0.583. The first-order valence-electron chi connectivity index (χ1n) is 5.86. The van der Waals surface area contributed by atoms with Crippen LogP contribution >= 0.6 is 0 Å². The van der Waals surface area contributed by atoms with Gasteiger partial charge >= 0.3 is 5.91 Å². The molecule has 6 heteroatoms. The van der Waals surface area contributed by atoms with Gasteiger partial charge in [0.1, 0.15) is 5.76 Å². The third kappa shape index (κ3) is 4.14. The van der Waals surface area contributed by atoms with Gasteiger partial charge in [0.2, 0.25) is 0 Å². The van der Waals surface area contributed by atoms with Gasteiger partial charge in [0.25, 0.3) is 0 Å². The molecule has 0 spiro atoms. The molecule has 0 radical (unpaired) electrons. The highest BCUT2D eigenvalue weighted by Crippen LogP contribution is 2.15. The van der Waals surface area contributed by atoms with E-state index in [1.165, 1.54) is 0 Å². The van der Waals surface area contributed by atoms with Gasteiger partial charge in [0.05, 0.1) is 6.54 Å². The summed E-state index contributed by atoms with van der Waals surface area (Å²) in [6.45, 7) is 4.12. The van der Waals surface area contributed by atoms with E-state index in [9.17, 15) is 4.79 Å². The summed E-state index contributed by atoms with van der Waals surface area (Å²) in [4.78, 5) is 13.5. The summed E-state index contributed by atoms with van der Waals surface area (Å²) in [5.41, 5.74) is 2.86. The molecule has 0 saturated heterocycles. The first-order chi connectivity index (χ1) is 8.58. The van der Waals surface area contributed by atoms with Crippen LogP contribution in [-0.2, 0) is 11.3 Å². The number of furan rings is 1. The van der Waals surface area contributed by atoms with Gasteiger partial charge < -0.3 is 9.15 Å². The molecule has 18 heavy (non-hydrogen) atoms. The van der Waals surface area contributed by atoms with Gasteiger partial charge in [0.15, 0.2) is 5.76 Å². The molecule has 0 fully saturated rings. The number of hydrogen-bond donors (Lipinski definition) is 2. The Morgan fingerprint density at radius 3 is 2.94 bits per heavy atom. The SMILES string of the molecule is COCCCN(C)Cc1cc(C)c(C(=O)NN)o1. The maximum absolute atomic E-state index is 11.4. The topological polar surface area (TPSA) is 80.7 Å².